The van der Waals surface area contributed by atoms with E-state index in [1.165, 1.54) is 0 Å². The minimum atomic E-state index is -0.645. The van der Waals surface area contributed by atoms with E-state index in [1.807, 2.05) is 19.2 Å². The highest BCUT2D eigenvalue weighted by Gasteiger charge is 2.30. The molecule has 0 spiro atoms. The molecule has 0 atom stereocenters. The van der Waals surface area contributed by atoms with E-state index in [2.05, 4.69) is 4.90 Å². The average molecular weight is 285 g/mol. The molecule has 1 aromatic rings. The maximum Gasteiger partial charge on any atom is 0.0817 e. The summed E-state index contributed by atoms with van der Waals surface area (Å²) >= 11 is 5.88. The van der Waals surface area contributed by atoms with E-state index in [0.29, 0.717) is 49.9 Å². The normalized spacial score (nSPS) is 18.7. The summed E-state index contributed by atoms with van der Waals surface area (Å²) in [5, 5.41) is 11.1. The van der Waals surface area contributed by atoms with E-state index in [4.69, 9.17) is 22.1 Å². The van der Waals surface area contributed by atoms with Gasteiger partial charge < -0.3 is 15.6 Å². The molecule has 1 aromatic carbocycles. The summed E-state index contributed by atoms with van der Waals surface area (Å²) in [6, 6.07) is 5.53. The summed E-state index contributed by atoms with van der Waals surface area (Å²) in [6.07, 6.45) is 1.38. The Balaban J connectivity index is 1.95. The summed E-state index contributed by atoms with van der Waals surface area (Å²) in [4.78, 5) is 2.09. The van der Waals surface area contributed by atoms with Gasteiger partial charge in [-0.3, -0.25) is 4.90 Å². The molecule has 0 amide bonds. The quantitative estimate of drug-likeness (QED) is 0.829. The molecule has 1 saturated heterocycles. The van der Waals surface area contributed by atoms with Gasteiger partial charge in [0.1, 0.15) is 0 Å². The lowest BCUT2D eigenvalue weighted by Crippen LogP contribution is -2.45. The van der Waals surface area contributed by atoms with Crippen molar-refractivity contribution in [1.29, 1.82) is 0 Å². The zero-order chi connectivity index (χ0) is 13.9. The minimum absolute atomic E-state index is 0.623. The fourth-order valence-electron chi connectivity index (χ4n) is 2.47. The van der Waals surface area contributed by atoms with Crippen LogP contribution in [-0.2, 0) is 11.3 Å². The monoisotopic (exact) mass is 284 g/mol. The maximum atomic E-state index is 10.5. The van der Waals surface area contributed by atoms with E-state index in [0.717, 1.165) is 5.56 Å². The van der Waals surface area contributed by atoms with Crippen molar-refractivity contribution in [1.82, 2.24) is 4.90 Å². The fraction of sp³-hybridized carbons (Fsp3) is 0.571. The van der Waals surface area contributed by atoms with Gasteiger partial charge in [0.2, 0.25) is 0 Å². The van der Waals surface area contributed by atoms with Crippen LogP contribution in [0, 0.1) is 0 Å². The van der Waals surface area contributed by atoms with Gasteiger partial charge in [0, 0.05) is 49.9 Å². The van der Waals surface area contributed by atoms with E-state index >= 15 is 0 Å². The van der Waals surface area contributed by atoms with Crippen LogP contribution < -0.4 is 5.73 Å². The molecule has 1 aliphatic heterocycles. The molecule has 19 heavy (non-hydrogen) atoms. The predicted octanol–water partition coefficient (Wildman–Crippen LogP) is 1.90. The SMILES string of the molecule is CN(Cc1ccc(Cl)cc1N)CC1(O)CCOCC1. The Morgan fingerprint density at radius 2 is 2.11 bits per heavy atom. The molecular weight excluding hydrogens is 264 g/mol. The zero-order valence-corrected chi connectivity index (χ0v) is 12.0. The summed E-state index contributed by atoms with van der Waals surface area (Å²) in [5.74, 6) is 0. The number of aliphatic hydroxyl groups is 1. The number of ether oxygens (including phenoxy) is 1. The Morgan fingerprint density at radius 3 is 2.74 bits per heavy atom. The lowest BCUT2D eigenvalue weighted by atomic mass is 9.94. The number of nitrogens with two attached hydrogens (primary N) is 1. The molecule has 2 rings (SSSR count). The molecule has 1 aliphatic rings. The van der Waals surface area contributed by atoms with Crippen LogP contribution in [0.1, 0.15) is 18.4 Å². The Labute approximate surface area is 119 Å². The Hall–Kier alpha value is -0.810. The van der Waals surface area contributed by atoms with Crippen molar-refractivity contribution in [2.75, 3.05) is 32.5 Å². The first-order chi connectivity index (χ1) is 8.98. The maximum absolute atomic E-state index is 10.5. The third-order valence-corrected chi connectivity index (χ3v) is 3.77. The highest BCUT2D eigenvalue weighted by atomic mass is 35.5. The number of benzene rings is 1. The van der Waals surface area contributed by atoms with Crippen molar-refractivity contribution in [3.8, 4) is 0 Å². The fourth-order valence-corrected chi connectivity index (χ4v) is 2.65. The first-order valence-electron chi connectivity index (χ1n) is 6.51. The Morgan fingerprint density at radius 1 is 1.42 bits per heavy atom. The molecule has 0 aliphatic carbocycles. The van der Waals surface area contributed by atoms with Crippen LogP contribution >= 0.6 is 11.6 Å². The van der Waals surface area contributed by atoms with Gasteiger partial charge in [0.25, 0.3) is 0 Å². The van der Waals surface area contributed by atoms with Crippen LogP contribution in [-0.4, -0.2) is 42.4 Å². The minimum Gasteiger partial charge on any atom is -0.398 e. The highest BCUT2D eigenvalue weighted by molar-refractivity contribution is 6.30. The Bertz CT molecular complexity index is 433. The van der Waals surface area contributed by atoms with Gasteiger partial charge in [0.05, 0.1) is 5.60 Å². The second-order valence-electron chi connectivity index (χ2n) is 5.35. The number of nitrogens with zero attached hydrogens (tertiary/aromatic N) is 1. The third kappa shape index (κ3) is 4.08. The summed E-state index contributed by atoms with van der Waals surface area (Å²) < 4.78 is 5.28. The van der Waals surface area contributed by atoms with Crippen LogP contribution in [0.3, 0.4) is 0 Å². The van der Waals surface area contributed by atoms with Crippen molar-refractivity contribution in [2.24, 2.45) is 0 Å². The number of hydrogen-bond donors (Lipinski definition) is 2. The largest absolute Gasteiger partial charge is 0.398 e. The topological polar surface area (TPSA) is 58.7 Å². The van der Waals surface area contributed by atoms with Crippen molar-refractivity contribution < 1.29 is 9.84 Å². The van der Waals surface area contributed by atoms with Crippen molar-refractivity contribution >= 4 is 17.3 Å². The number of likely N-dealkylation sites (N-methyl/N-ethyl adjacent to an activating group) is 1. The van der Waals surface area contributed by atoms with E-state index in [1.54, 1.807) is 6.07 Å². The molecule has 3 N–H and O–H groups in total. The van der Waals surface area contributed by atoms with E-state index < -0.39 is 5.60 Å². The van der Waals surface area contributed by atoms with Crippen molar-refractivity contribution in [2.45, 2.75) is 25.0 Å². The molecule has 0 bridgehead atoms. The lowest BCUT2D eigenvalue weighted by molar-refractivity contribution is -0.0777. The second kappa shape index (κ2) is 6.09. The smallest absolute Gasteiger partial charge is 0.0817 e. The molecular formula is C14H21ClN2O2. The van der Waals surface area contributed by atoms with Crippen LogP contribution in [0.15, 0.2) is 18.2 Å². The third-order valence-electron chi connectivity index (χ3n) is 3.54. The summed E-state index contributed by atoms with van der Waals surface area (Å²) in [6.45, 7) is 2.59. The second-order valence-corrected chi connectivity index (χ2v) is 5.79. The van der Waals surface area contributed by atoms with Crippen LogP contribution in [0.5, 0.6) is 0 Å². The van der Waals surface area contributed by atoms with Crippen molar-refractivity contribution in [3.05, 3.63) is 28.8 Å². The number of halogens is 1. The van der Waals surface area contributed by atoms with Gasteiger partial charge in [-0.05, 0) is 24.7 Å². The molecule has 0 radical (unpaired) electrons. The van der Waals surface area contributed by atoms with Crippen LogP contribution in [0.4, 0.5) is 5.69 Å². The Kier molecular flexibility index (Phi) is 4.68. The van der Waals surface area contributed by atoms with Crippen LogP contribution in [0.2, 0.25) is 5.02 Å². The number of anilines is 1. The average Bonchev–Trinajstić information content (AvgIpc) is 2.33. The van der Waals surface area contributed by atoms with Gasteiger partial charge in [-0.2, -0.15) is 0 Å². The lowest BCUT2D eigenvalue weighted by Gasteiger charge is -2.35. The summed E-state index contributed by atoms with van der Waals surface area (Å²) in [7, 11) is 1.99. The van der Waals surface area contributed by atoms with E-state index in [-0.39, 0.29) is 0 Å². The van der Waals surface area contributed by atoms with Crippen molar-refractivity contribution in [3.63, 3.8) is 0 Å². The zero-order valence-electron chi connectivity index (χ0n) is 11.2. The predicted molar refractivity (Wildman–Crippen MR) is 77.2 cm³/mol. The summed E-state index contributed by atoms with van der Waals surface area (Å²) in [5.41, 5.74) is 7.02. The molecule has 1 heterocycles. The van der Waals surface area contributed by atoms with Gasteiger partial charge in [-0.15, -0.1) is 0 Å². The van der Waals surface area contributed by atoms with Crippen LogP contribution in [0.25, 0.3) is 0 Å². The molecule has 0 aromatic heterocycles. The molecule has 0 unspecified atom stereocenters. The standard InChI is InChI=1S/C14H21ClN2O2/c1-17(10-14(18)4-6-19-7-5-14)9-11-2-3-12(15)8-13(11)16/h2-3,8,18H,4-7,9-10,16H2,1H3. The van der Waals surface area contributed by atoms with Gasteiger partial charge in [-0.1, -0.05) is 17.7 Å². The molecule has 106 valence electrons. The van der Waals surface area contributed by atoms with Gasteiger partial charge in [0.15, 0.2) is 0 Å². The van der Waals surface area contributed by atoms with Gasteiger partial charge >= 0.3 is 0 Å². The molecule has 1 fully saturated rings. The molecule has 0 saturated carbocycles. The van der Waals surface area contributed by atoms with Gasteiger partial charge in [-0.25, -0.2) is 0 Å². The first-order valence-corrected chi connectivity index (χ1v) is 6.89. The number of rotatable bonds is 4. The first kappa shape index (κ1) is 14.6. The van der Waals surface area contributed by atoms with E-state index in [9.17, 15) is 5.11 Å². The number of hydrogen-bond acceptors (Lipinski definition) is 4. The molecule has 5 heteroatoms. The number of nitrogen functional groups attached to an aromatic ring is 1. The highest BCUT2D eigenvalue weighted by Crippen LogP contribution is 2.23. The molecule has 4 nitrogen and oxygen atoms in total.